The number of benzene rings is 2. The summed E-state index contributed by atoms with van der Waals surface area (Å²) in [6, 6.07) is 18.4. The largest absolute Gasteiger partial charge is 0.478 e. The molecule has 0 radical (unpaired) electrons. The van der Waals surface area contributed by atoms with Crippen LogP contribution in [0.3, 0.4) is 0 Å². The monoisotopic (exact) mass is 306 g/mol. The van der Waals surface area contributed by atoms with E-state index in [0.717, 1.165) is 22.8 Å². The summed E-state index contributed by atoms with van der Waals surface area (Å²) in [5.41, 5.74) is 4.52. The van der Waals surface area contributed by atoms with Gasteiger partial charge in [0.05, 0.1) is 0 Å². The Balaban J connectivity index is 2.44. The highest BCUT2D eigenvalue weighted by molar-refractivity contribution is 5.84. The molecule has 0 spiro atoms. The van der Waals surface area contributed by atoms with Gasteiger partial charge in [0, 0.05) is 6.08 Å². The lowest BCUT2D eigenvalue weighted by atomic mass is 9.85. The summed E-state index contributed by atoms with van der Waals surface area (Å²) >= 11 is 0. The van der Waals surface area contributed by atoms with Crippen LogP contribution in [0.5, 0.6) is 0 Å². The van der Waals surface area contributed by atoms with Gasteiger partial charge < -0.3 is 5.11 Å². The average Bonchev–Trinajstić information content (AvgIpc) is 2.51. The lowest BCUT2D eigenvalue weighted by Crippen LogP contribution is -2.10. The normalized spacial score (nSPS) is 12.6. The Morgan fingerprint density at radius 1 is 0.913 bits per heavy atom. The van der Waals surface area contributed by atoms with Gasteiger partial charge in [0.25, 0.3) is 0 Å². The summed E-state index contributed by atoms with van der Waals surface area (Å²) in [6.45, 7) is 6.56. The van der Waals surface area contributed by atoms with Crippen LogP contribution in [0.25, 0.3) is 5.57 Å². The molecule has 2 rings (SSSR count). The molecule has 2 aromatic carbocycles. The standard InChI is InChI=1S/C21H22O2/c1-21(2,3)18-14-12-17(13-15-18)19(10-7-11-20(22)23)16-8-5-4-6-9-16/h4-15H,1-3H3,(H,22,23)/b11-7+,19-10+. The van der Waals surface area contributed by atoms with Crippen LogP contribution in [0, 0.1) is 0 Å². The van der Waals surface area contributed by atoms with Gasteiger partial charge in [0.2, 0.25) is 0 Å². The van der Waals surface area contributed by atoms with E-state index in [-0.39, 0.29) is 5.41 Å². The summed E-state index contributed by atoms with van der Waals surface area (Å²) in [5.74, 6) is -0.947. The van der Waals surface area contributed by atoms with Crippen molar-refractivity contribution >= 4 is 11.5 Å². The summed E-state index contributed by atoms with van der Waals surface area (Å²) in [7, 11) is 0. The average molecular weight is 306 g/mol. The fraction of sp³-hybridized carbons (Fsp3) is 0.190. The van der Waals surface area contributed by atoms with E-state index < -0.39 is 5.97 Å². The minimum atomic E-state index is -0.947. The van der Waals surface area contributed by atoms with Gasteiger partial charge in [-0.3, -0.25) is 0 Å². The predicted molar refractivity (Wildman–Crippen MR) is 95.4 cm³/mol. The van der Waals surface area contributed by atoms with Gasteiger partial charge in [-0.2, -0.15) is 0 Å². The molecular formula is C21H22O2. The van der Waals surface area contributed by atoms with Gasteiger partial charge in [-0.25, -0.2) is 4.79 Å². The third-order valence-corrected chi connectivity index (χ3v) is 3.65. The van der Waals surface area contributed by atoms with Crippen molar-refractivity contribution in [3.63, 3.8) is 0 Å². The Bertz CT molecular complexity index is 715. The molecule has 0 saturated heterocycles. The minimum absolute atomic E-state index is 0.109. The van der Waals surface area contributed by atoms with Crippen LogP contribution in [0.1, 0.15) is 37.5 Å². The molecule has 23 heavy (non-hydrogen) atoms. The maximum absolute atomic E-state index is 10.7. The highest BCUT2D eigenvalue weighted by Crippen LogP contribution is 2.27. The van der Waals surface area contributed by atoms with Crippen molar-refractivity contribution in [3.05, 3.63) is 89.5 Å². The molecule has 2 nitrogen and oxygen atoms in total. The number of carbonyl (C=O) groups is 1. The number of hydrogen-bond donors (Lipinski definition) is 1. The third kappa shape index (κ3) is 4.68. The van der Waals surface area contributed by atoms with E-state index in [2.05, 4.69) is 45.0 Å². The zero-order valence-corrected chi connectivity index (χ0v) is 13.8. The highest BCUT2D eigenvalue weighted by atomic mass is 16.4. The first-order chi connectivity index (χ1) is 10.9. The first-order valence-corrected chi connectivity index (χ1v) is 7.65. The zero-order valence-electron chi connectivity index (χ0n) is 13.8. The fourth-order valence-electron chi connectivity index (χ4n) is 2.35. The van der Waals surface area contributed by atoms with Gasteiger partial charge >= 0.3 is 5.97 Å². The van der Waals surface area contributed by atoms with Gasteiger partial charge in [0.1, 0.15) is 0 Å². The van der Waals surface area contributed by atoms with Crippen LogP contribution in [0.4, 0.5) is 0 Å². The molecule has 2 aromatic rings. The number of rotatable bonds is 4. The van der Waals surface area contributed by atoms with Crippen LogP contribution >= 0.6 is 0 Å². The van der Waals surface area contributed by atoms with Crippen LogP contribution < -0.4 is 0 Å². The summed E-state index contributed by atoms with van der Waals surface area (Å²) in [4.78, 5) is 10.7. The molecule has 0 aliphatic rings. The van der Waals surface area contributed by atoms with Crippen molar-refractivity contribution < 1.29 is 9.90 Å². The van der Waals surface area contributed by atoms with Crippen molar-refractivity contribution in [1.29, 1.82) is 0 Å². The Hall–Kier alpha value is -2.61. The van der Waals surface area contributed by atoms with E-state index >= 15 is 0 Å². The van der Waals surface area contributed by atoms with Crippen molar-refractivity contribution in [2.24, 2.45) is 0 Å². The number of hydrogen-bond acceptors (Lipinski definition) is 1. The van der Waals surface area contributed by atoms with Crippen LogP contribution in [-0.2, 0) is 10.2 Å². The van der Waals surface area contributed by atoms with E-state index in [0.29, 0.717) is 0 Å². The molecule has 0 heterocycles. The zero-order chi connectivity index (χ0) is 16.9. The van der Waals surface area contributed by atoms with E-state index in [9.17, 15) is 4.79 Å². The number of aliphatic carboxylic acids is 1. The topological polar surface area (TPSA) is 37.3 Å². The molecule has 0 fully saturated rings. The Morgan fingerprint density at radius 2 is 1.48 bits per heavy atom. The van der Waals surface area contributed by atoms with Gasteiger partial charge in [-0.1, -0.05) is 87.5 Å². The number of carboxylic acids is 1. The van der Waals surface area contributed by atoms with E-state index in [1.54, 1.807) is 6.08 Å². The molecule has 0 aliphatic carbocycles. The second-order valence-electron chi connectivity index (χ2n) is 6.47. The quantitative estimate of drug-likeness (QED) is 0.633. The lowest BCUT2D eigenvalue weighted by Gasteiger charge is -2.19. The lowest BCUT2D eigenvalue weighted by molar-refractivity contribution is -0.131. The first kappa shape index (κ1) is 16.8. The maximum Gasteiger partial charge on any atom is 0.328 e. The van der Waals surface area contributed by atoms with Crippen LogP contribution in [0.2, 0.25) is 0 Å². The molecule has 118 valence electrons. The maximum atomic E-state index is 10.7. The van der Waals surface area contributed by atoms with Crippen molar-refractivity contribution in [2.75, 3.05) is 0 Å². The minimum Gasteiger partial charge on any atom is -0.478 e. The van der Waals surface area contributed by atoms with Crippen molar-refractivity contribution in [2.45, 2.75) is 26.2 Å². The number of carboxylic acid groups (broad SMARTS) is 1. The second-order valence-corrected chi connectivity index (χ2v) is 6.47. The van der Waals surface area contributed by atoms with Crippen molar-refractivity contribution in [3.8, 4) is 0 Å². The predicted octanol–water partition coefficient (Wildman–Crippen LogP) is 5.06. The molecule has 0 amide bonds. The molecule has 1 N–H and O–H groups in total. The van der Waals surface area contributed by atoms with E-state index in [4.69, 9.17) is 5.11 Å². The summed E-state index contributed by atoms with van der Waals surface area (Å²) in [5, 5.41) is 8.78. The van der Waals surface area contributed by atoms with Gasteiger partial charge in [-0.05, 0) is 27.7 Å². The Kier molecular flexibility index (Phi) is 5.17. The molecular weight excluding hydrogens is 284 g/mol. The van der Waals surface area contributed by atoms with Crippen molar-refractivity contribution in [1.82, 2.24) is 0 Å². The molecule has 2 heteroatoms. The molecule has 0 aliphatic heterocycles. The molecule has 0 bridgehead atoms. The van der Waals surface area contributed by atoms with E-state index in [1.165, 1.54) is 5.56 Å². The smallest absolute Gasteiger partial charge is 0.328 e. The second kappa shape index (κ2) is 7.10. The van der Waals surface area contributed by atoms with Crippen LogP contribution in [-0.4, -0.2) is 11.1 Å². The molecule has 0 atom stereocenters. The summed E-state index contributed by atoms with van der Waals surface area (Å²) in [6.07, 6.45) is 4.56. The summed E-state index contributed by atoms with van der Waals surface area (Å²) < 4.78 is 0. The number of allylic oxidation sites excluding steroid dienone is 2. The Morgan fingerprint density at radius 3 is 2.00 bits per heavy atom. The molecule has 0 aromatic heterocycles. The van der Waals surface area contributed by atoms with E-state index in [1.807, 2.05) is 36.4 Å². The SMILES string of the molecule is CC(C)(C)c1ccc(/C(=C/C=C/C(=O)O)c2ccccc2)cc1. The fourth-order valence-corrected chi connectivity index (χ4v) is 2.35. The van der Waals surface area contributed by atoms with Gasteiger partial charge in [0.15, 0.2) is 0 Å². The molecule has 0 unspecified atom stereocenters. The van der Waals surface area contributed by atoms with Crippen LogP contribution in [0.15, 0.2) is 72.8 Å². The molecule has 0 saturated carbocycles. The van der Waals surface area contributed by atoms with Gasteiger partial charge in [-0.15, -0.1) is 0 Å². The highest BCUT2D eigenvalue weighted by Gasteiger charge is 2.13. The first-order valence-electron chi connectivity index (χ1n) is 7.65. The third-order valence-electron chi connectivity index (χ3n) is 3.65. The Labute approximate surface area is 137 Å².